The second kappa shape index (κ2) is 10.0. The van der Waals surface area contributed by atoms with Gasteiger partial charge in [-0.05, 0) is 43.2 Å². The summed E-state index contributed by atoms with van der Waals surface area (Å²) in [5, 5.41) is 6.69. The van der Waals surface area contributed by atoms with Crippen LogP contribution in [0.1, 0.15) is 37.8 Å². The highest BCUT2D eigenvalue weighted by Crippen LogP contribution is 2.30. The summed E-state index contributed by atoms with van der Waals surface area (Å²) in [5.41, 5.74) is 2.41. The number of halogens is 1. The molecule has 2 rings (SSSR count). The maximum atomic E-state index is 6.01. The molecule has 4 nitrogen and oxygen atoms in total. The third-order valence-electron chi connectivity index (χ3n) is 3.74. The molecule has 0 amide bonds. The Kier molecular flexibility index (Phi) is 8.73. The molecule has 1 aromatic rings. The quantitative estimate of drug-likeness (QED) is 0.393. The Balaban J connectivity index is 0.00000264. The summed E-state index contributed by atoms with van der Waals surface area (Å²) in [7, 11) is 1.80. The van der Waals surface area contributed by atoms with Crippen molar-refractivity contribution >= 4 is 29.9 Å². The van der Waals surface area contributed by atoms with Crippen LogP contribution in [0, 0.1) is 18.8 Å². The number of benzene rings is 1. The van der Waals surface area contributed by atoms with Crippen molar-refractivity contribution in [1.82, 2.24) is 10.6 Å². The van der Waals surface area contributed by atoms with Gasteiger partial charge in [0.1, 0.15) is 5.75 Å². The average molecular weight is 431 g/mol. The van der Waals surface area contributed by atoms with Crippen LogP contribution >= 0.6 is 24.0 Å². The van der Waals surface area contributed by atoms with Gasteiger partial charge < -0.3 is 15.4 Å². The molecule has 0 radical (unpaired) electrons. The molecule has 1 fully saturated rings. The molecule has 1 aliphatic carbocycles. The lowest BCUT2D eigenvalue weighted by Gasteiger charge is -2.16. The fourth-order valence-electron chi connectivity index (χ4n) is 2.13. The van der Waals surface area contributed by atoms with Crippen LogP contribution in [0.3, 0.4) is 0 Å². The molecule has 0 aliphatic heterocycles. The molecule has 2 N–H and O–H groups in total. The van der Waals surface area contributed by atoms with Crippen molar-refractivity contribution in [1.29, 1.82) is 0 Å². The van der Waals surface area contributed by atoms with Gasteiger partial charge in [-0.25, -0.2) is 0 Å². The first-order valence-corrected chi connectivity index (χ1v) is 8.25. The third-order valence-corrected chi connectivity index (χ3v) is 3.74. The Morgan fingerprint density at radius 1 is 1.30 bits per heavy atom. The van der Waals surface area contributed by atoms with Crippen molar-refractivity contribution in [3.63, 3.8) is 0 Å². The van der Waals surface area contributed by atoms with Crippen LogP contribution in [0.4, 0.5) is 0 Å². The van der Waals surface area contributed by atoms with Gasteiger partial charge in [-0.15, -0.1) is 24.0 Å². The zero-order valence-corrected chi connectivity index (χ0v) is 17.0. The summed E-state index contributed by atoms with van der Waals surface area (Å²) < 4.78 is 6.01. The Morgan fingerprint density at radius 2 is 2.04 bits per heavy atom. The number of guanidine groups is 1. The van der Waals surface area contributed by atoms with Crippen molar-refractivity contribution in [2.75, 3.05) is 20.2 Å². The van der Waals surface area contributed by atoms with Gasteiger partial charge in [0.15, 0.2) is 5.96 Å². The molecule has 0 unspecified atom stereocenters. The first-order chi connectivity index (χ1) is 10.6. The molecule has 0 spiro atoms. The molecule has 0 atom stereocenters. The highest BCUT2D eigenvalue weighted by atomic mass is 127. The van der Waals surface area contributed by atoms with E-state index in [9.17, 15) is 0 Å². The molecule has 0 heterocycles. The standard InChI is InChI=1S/C18H29N3O.HI/c1-13(2)10-20-18(19-4)21-11-16-8-5-14(3)9-17(16)22-12-15-6-7-15;/h5,8-9,13,15H,6-7,10-12H2,1-4H3,(H2,19,20,21);1H. The van der Waals surface area contributed by atoms with Crippen LogP contribution in [-0.4, -0.2) is 26.2 Å². The molecule has 23 heavy (non-hydrogen) atoms. The number of rotatable bonds is 7. The molecule has 0 bridgehead atoms. The van der Waals surface area contributed by atoms with Gasteiger partial charge in [-0.2, -0.15) is 0 Å². The van der Waals surface area contributed by atoms with Gasteiger partial charge in [0, 0.05) is 25.7 Å². The molecule has 130 valence electrons. The van der Waals surface area contributed by atoms with Gasteiger partial charge >= 0.3 is 0 Å². The van der Waals surface area contributed by atoms with Crippen molar-refractivity contribution in [3.8, 4) is 5.75 Å². The van der Waals surface area contributed by atoms with Gasteiger partial charge in [-0.1, -0.05) is 26.0 Å². The lowest BCUT2D eigenvalue weighted by atomic mass is 10.1. The minimum atomic E-state index is 0. The first-order valence-electron chi connectivity index (χ1n) is 8.25. The molecule has 0 aromatic heterocycles. The number of hydrogen-bond donors (Lipinski definition) is 2. The van der Waals surface area contributed by atoms with E-state index in [4.69, 9.17) is 4.74 Å². The second-order valence-electron chi connectivity index (χ2n) is 6.57. The van der Waals surface area contributed by atoms with Gasteiger partial charge in [0.2, 0.25) is 0 Å². The smallest absolute Gasteiger partial charge is 0.191 e. The summed E-state index contributed by atoms with van der Waals surface area (Å²) in [6.45, 7) is 8.95. The minimum absolute atomic E-state index is 0. The van der Waals surface area contributed by atoms with Crippen molar-refractivity contribution in [2.45, 2.75) is 40.2 Å². The second-order valence-corrected chi connectivity index (χ2v) is 6.57. The van der Waals surface area contributed by atoms with E-state index in [2.05, 4.69) is 54.6 Å². The van der Waals surface area contributed by atoms with Crippen molar-refractivity contribution in [2.24, 2.45) is 16.8 Å². The SMILES string of the molecule is CN=C(NCc1ccc(C)cc1OCC1CC1)NCC(C)C.I. The maximum absolute atomic E-state index is 6.01. The number of nitrogens with one attached hydrogen (secondary N) is 2. The minimum Gasteiger partial charge on any atom is -0.493 e. The van der Waals surface area contributed by atoms with Crippen LogP contribution in [0.5, 0.6) is 5.75 Å². The van der Waals surface area contributed by atoms with Crippen LogP contribution in [-0.2, 0) is 6.54 Å². The fourth-order valence-corrected chi connectivity index (χ4v) is 2.13. The van der Waals surface area contributed by atoms with Gasteiger partial charge in [-0.3, -0.25) is 4.99 Å². The average Bonchev–Trinajstić information content (AvgIpc) is 3.30. The Hall–Kier alpha value is -0.980. The molecule has 1 aliphatic rings. The lowest BCUT2D eigenvalue weighted by molar-refractivity contribution is 0.296. The lowest BCUT2D eigenvalue weighted by Crippen LogP contribution is -2.38. The van der Waals surface area contributed by atoms with E-state index in [1.807, 2.05) is 0 Å². The van der Waals surface area contributed by atoms with E-state index in [0.717, 1.165) is 37.3 Å². The molecular formula is C18H30IN3O. The van der Waals surface area contributed by atoms with Crippen LogP contribution < -0.4 is 15.4 Å². The summed E-state index contributed by atoms with van der Waals surface area (Å²) in [4.78, 5) is 4.26. The normalized spacial score (nSPS) is 14.4. The molecule has 1 saturated carbocycles. The topological polar surface area (TPSA) is 45.7 Å². The highest BCUT2D eigenvalue weighted by Gasteiger charge is 2.22. The van der Waals surface area contributed by atoms with Gasteiger partial charge in [0.25, 0.3) is 0 Å². The number of nitrogens with zero attached hydrogens (tertiary/aromatic N) is 1. The van der Waals surface area contributed by atoms with Gasteiger partial charge in [0.05, 0.1) is 6.61 Å². The summed E-state index contributed by atoms with van der Waals surface area (Å²) in [5.74, 6) is 3.19. The summed E-state index contributed by atoms with van der Waals surface area (Å²) in [6, 6.07) is 6.40. The molecular weight excluding hydrogens is 401 g/mol. The van der Waals surface area contributed by atoms with Crippen molar-refractivity contribution in [3.05, 3.63) is 29.3 Å². The molecule has 5 heteroatoms. The number of aryl methyl sites for hydroxylation is 1. The fraction of sp³-hybridized carbons (Fsp3) is 0.611. The summed E-state index contributed by atoms with van der Waals surface area (Å²) in [6.07, 6.45) is 2.62. The van der Waals surface area contributed by atoms with E-state index < -0.39 is 0 Å². The van der Waals surface area contributed by atoms with Crippen LogP contribution in [0.15, 0.2) is 23.2 Å². The number of hydrogen-bond acceptors (Lipinski definition) is 2. The number of aliphatic imine (C=N–C) groups is 1. The predicted octanol–water partition coefficient (Wildman–Crippen LogP) is 3.72. The highest BCUT2D eigenvalue weighted by molar-refractivity contribution is 14.0. The number of ether oxygens (including phenoxy) is 1. The zero-order valence-electron chi connectivity index (χ0n) is 14.7. The molecule has 1 aromatic carbocycles. The Morgan fingerprint density at radius 3 is 2.65 bits per heavy atom. The first kappa shape index (κ1) is 20.1. The van der Waals surface area contributed by atoms with E-state index in [1.54, 1.807) is 7.05 Å². The van der Waals surface area contributed by atoms with E-state index in [0.29, 0.717) is 5.92 Å². The molecule has 0 saturated heterocycles. The predicted molar refractivity (Wildman–Crippen MR) is 108 cm³/mol. The summed E-state index contributed by atoms with van der Waals surface area (Å²) >= 11 is 0. The Labute approximate surface area is 157 Å². The van der Waals surface area contributed by atoms with Crippen molar-refractivity contribution < 1.29 is 4.74 Å². The largest absolute Gasteiger partial charge is 0.493 e. The maximum Gasteiger partial charge on any atom is 0.191 e. The van der Waals surface area contributed by atoms with E-state index >= 15 is 0 Å². The third kappa shape index (κ3) is 7.42. The van der Waals surface area contributed by atoms with E-state index in [1.165, 1.54) is 24.0 Å². The zero-order chi connectivity index (χ0) is 15.9. The Bertz CT molecular complexity index is 513. The van der Waals surface area contributed by atoms with Crippen LogP contribution in [0.25, 0.3) is 0 Å². The van der Waals surface area contributed by atoms with Crippen LogP contribution in [0.2, 0.25) is 0 Å². The van der Waals surface area contributed by atoms with E-state index in [-0.39, 0.29) is 24.0 Å². The monoisotopic (exact) mass is 431 g/mol.